The van der Waals surface area contributed by atoms with Crippen LogP contribution in [-0.4, -0.2) is 23.0 Å². The van der Waals surface area contributed by atoms with Crippen LogP contribution in [0.15, 0.2) is 24.3 Å². The average Bonchev–Trinajstić information content (AvgIpc) is 2.96. The standard InChI is InChI=1S/C17H20N2OS/c18-11-17(8-9-21-12-17)19-16(20)10-14-6-3-5-13-4-1-2-7-15(13)14/h1-2,4,7,14H,3,5-6,8-10,12H2,(H,19,20)/t14-,17+/m1/s1. The van der Waals surface area contributed by atoms with E-state index in [0.29, 0.717) is 12.3 Å². The predicted octanol–water partition coefficient (Wildman–Crippen LogP) is 3.01. The summed E-state index contributed by atoms with van der Waals surface area (Å²) in [5, 5.41) is 12.4. The summed E-state index contributed by atoms with van der Waals surface area (Å²) in [6, 6.07) is 10.8. The number of hydrogen-bond acceptors (Lipinski definition) is 3. The topological polar surface area (TPSA) is 52.9 Å². The van der Waals surface area contributed by atoms with Crippen molar-refractivity contribution in [3.8, 4) is 6.07 Å². The maximum atomic E-state index is 12.4. The van der Waals surface area contributed by atoms with Crippen LogP contribution in [0, 0.1) is 11.3 Å². The highest BCUT2D eigenvalue weighted by Crippen LogP contribution is 2.34. The van der Waals surface area contributed by atoms with Crippen molar-refractivity contribution in [1.82, 2.24) is 5.32 Å². The summed E-state index contributed by atoms with van der Waals surface area (Å²) in [5.41, 5.74) is 2.08. The second-order valence-corrected chi connectivity index (χ2v) is 7.14. The van der Waals surface area contributed by atoms with Crippen LogP contribution < -0.4 is 5.32 Å². The van der Waals surface area contributed by atoms with Gasteiger partial charge >= 0.3 is 0 Å². The number of nitrogens with one attached hydrogen (secondary N) is 1. The molecule has 0 spiro atoms. The maximum Gasteiger partial charge on any atom is 0.221 e. The first kappa shape index (κ1) is 14.5. The number of fused-ring (bicyclic) bond motifs is 1. The predicted molar refractivity (Wildman–Crippen MR) is 85.2 cm³/mol. The Hall–Kier alpha value is -1.47. The lowest BCUT2D eigenvalue weighted by Crippen LogP contribution is -2.47. The number of thioether (sulfide) groups is 1. The fourth-order valence-electron chi connectivity index (χ4n) is 3.39. The summed E-state index contributed by atoms with van der Waals surface area (Å²) in [7, 11) is 0. The molecule has 110 valence electrons. The lowest BCUT2D eigenvalue weighted by Gasteiger charge is -2.27. The Labute approximate surface area is 130 Å². The zero-order valence-electron chi connectivity index (χ0n) is 12.1. The molecule has 4 heteroatoms. The van der Waals surface area contributed by atoms with Crippen LogP contribution in [0.25, 0.3) is 0 Å². The molecule has 1 amide bonds. The minimum Gasteiger partial charge on any atom is -0.337 e. The molecule has 3 nitrogen and oxygen atoms in total. The number of aryl methyl sites for hydroxylation is 1. The second kappa shape index (κ2) is 6.11. The molecule has 1 aromatic carbocycles. The molecule has 2 aliphatic rings. The first-order valence-corrected chi connectivity index (χ1v) is 8.76. The summed E-state index contributed by atoms with van der Waals surface area (Å²) in [4.78, 5) is 12.4. The van der Waals surface area contributed by atoms with E-state index in [9.17, 15) is 10.1 Å². The normalized spacial score (nSPS) is 27.7. The van der Waals surface area contributed by atoms with Crippen LogP contribution >= 0.6 is 11.8 Å². The zero-order chi connectivity index (χ0) is 14.7. The highest BCUT2D eigenvalue weighted by molar-refractivity contribution is 7.99. The molecule has 1 aliphatic heterocycles. The van der Waals surface area contributed by atoms with E-state index in [1.165, 1.54) is 11.1 Å². The van der Waals surface area contributed by atoms with E-state index in [0.717, 1.165) is 37.2 Å². The van der Waals surface area contributed by atoms with Crippen LogP contribution in [0.3, 0.4) is 0 Å². The number of carbonyl (C=O) groups excluding carboxylic acids is 1. The van der Waals surface area contributed by atoms with E-state index in [1.807, 2.05) is 0 Å². The molecule has 21 heavy (non-hydrogen) atoms. The molecule has 1 aromatic rings. The first-order chi connectivity index (χ1) is 10.2. The quantitative estimate of drug-likeness (QED) is 0.933. The average molecular weight is 300 g/mol. The van der Waals surface area contributed by atoms with E-state index < -0.39 is 5.54 Å². The van der Waals surface area contributed by atoms with Crippen molar-refractivity contribution in [1.29, 1.82) is 5.26 Å². The van der Waals surface area contributed by atoms with Crippen LogP contribution in [0.5, 0.6) is 0 Å². The second-order valence-electron chi connectivity index (χ2n) is 6.04. The molecule has 0 radical (unpaired) electrons. The van der Waals surface area contributed by atoms with Gasteiger partial charge in [-0.15, -0.1) is 0 Å². The number of nitriles is 1. The number of hydrogen-bond donors (Lipinski definition) is 1. The minimum atomic E-state index is -0.629. The van der Waals surface area contributed by atoms with Crippen LogP contribution in [0.4, 0.5) is 0 Å². The van der Waals surface area contributed by atoms with Gasteiger partial charge in [0.15, 0.2) is 0 Å². The molecule has 3 rings (SSSR count). The molecule has 0 aromatic heterocycles. The molecule has 1 aliphatic carbocycles. The highest BCUT2D eigenvalue weighted by Gasteiger charge is 2.36. The fraction of sp³-hybridized carbons (Fsp3) is 0.529. The van der Waals surface area contributed by atoms with Crippen molar-refractivity contribution in [2.45, 2.75) is 43.6 Å². The largest absolute Gasteiger partial charge is 0.337 e. The van der Waals surface area contributed by atoms with Gasteiger partial charge in [0, 0.05) is 12.2 Å². The fourth-order valence-corrected chi connectivity index (χ4v) is 4.65. The number of carbonyl (C=O) groups is 1. The van der Waals surface area contributed by atoms with Gasteiger partial charge in [0.05, 0.1) is 6.07 Å². The molecule has 0 unspecified atom stereocenters. The summed E-state index contributed by atoms with van der Waals surface area (Å²) in [6.07, 6.45) is 4.60. The van der Waals surface area contributed by atoms with Crippen molar-refractivity contribution in [3.63, 3.8) is 0 Å². The number of rotatable bonds is 3. The Morgan fingerprint density at radius 1 is 1.48 bits per heavy atom. The van der Waals surface area contributed by atoms with Gasteiger partial charge in [-0.1, -0.05) is 24.3 Å². The molecule has 1 fully saturated rings. The maximum absolute atomic E-state index is 12.4. The monoisotopic (exact) mass is 300 g/mol. The van der Waals surface area contributed by atoms with Gasteiger partial charge in [0.1, 0.15) is 5.54 Å². The van der Waals surface area contributed by atoms with Gasteiger partial charge in [-0.05, 0) is 48.5 Å². The molecular formula is C17H20N2OS. The van der Waals surface area contributed by atoms with E-state index >= 15 is 0 Å². The molecule has 0 bridgehead atoms. The van der Waals surface area contributed by atoms with Crippen molar-refractivity contribution in [3.05, 3.63) is 35.4 Å². The van der Waals surface area contributed by atoms with Crippen LogP contribution in [0.1, 0.15) is 42.7 Å². The molecule has 0 saturated carbocycles. The summed E-state index contributed by atoms with van der Waals surface area (Å²) >= 11 is 1.75. The van der Waals surface area contributed by atoms with Gasteiger partial charge in [0.25, 0.3) is 0 Å². The lowest BCUT2D eigenvalue weighted by atomic mass is 9.81. The van der Waals surface area contributed by atoms with Crippen molar-refractivity contribution in [2.24, 2.45) is 0 Å². The molecule has 2 atom stereocenters. The van der Waals surface area contributed by atoms with E-state index in [1.54, 1.807) is 11.8 Å². The number of benzene rings is 1. The molecule has 1 heterocycles. The van der Waals surface area contributed by atoms with E-state index in [4.69, 9.17) is 0 Å². The number of amides is 1. The van der Waals surface area contributed by atoms with Crippen LogP contribution in [0.2, 0.25) is 0 Å². The highest BCUT2D eigenvalue weighted by atomic mass is 32.2. The van der Waals surface area contributed by atoms with Crippen LogP contribution in [-0.2, 0) is 11.2 Å². The Bertz CT molecular complexity index is 572. The molecular weight excluding hydrogens is 280 g/mol. The van der Waals surface area contributed by atoms with Gasteiger partial charge in [-0.25, -0.2) is 0 Å². The van der Waals surface area contributed by atoms with Gasteiger partial charge in [-0.2, -0.15) is 17.0 Å². The van der Waals surface area contributed by atoms with Gasteiger partial charge in [-0.3, -0.25) is 4.79 Å². The lowest BCUT2D eigenvalue weighted by molar-refractivity contribution is -0.122. The third-order valence-electron chi connectivity index (χ3n) is 4.54. The Kier molecular flexibility index (Phi) is 4.21. The summed E-state index contributed by atoms with van der Waals surface area (Å²) < 4.78 is 0. The van der Waals surface area contributed by atoms with E-state index in [2.05, 4.69) is 35.7 Å². The third-order valence-corrected chi connectivity index (χ3v) is 5.73. The molecule has 1 N–H and O–H groups in total. The van der Waals surface area contributed by atoms with E-state index in [-0.39, 0.29) is 5.91 Å². The number of nitrogens with zero attached hydrogens (tertiary/aromatic N) is 1. The Morgan fingerprint density at radius 2 is 2.33 bits per heavy atom. The third kappa shape index (κ3) is 3.08. The summed E-state index contributed by atoms with van der Waals surface area (Å²) in [5.74, 6) is 2.01. The summed E-state index contributed by atoms with van der Waals surface area (Å²) in [6.45, 7) is 0. The smallest absolute Gasteiger partial charge is 0.221 e. The van der Waals surface area contributed by atoms with Crippen molar-refractivity contribution < 1.29 is 4.79 Å². The first-order valence-electron chi connectivity index (χ1n) is 7.60. The Morgan fingerprint density at radius 3 is 3.10 bits per heavy atom. The van der Waals surface area contributed by atoms with Gasteiger partial charge in [0.2, 0.25) is 5.91 Å². The SMILES string of the molecule is N#C[C@@]1(NC(=O)C[C@H]2CCCc3ccccc32)CCSC1. The van der Waals surface area contributed by atoms with Crippen molar-refractivity contribution in [2.75, 3.05) is 11.5 Å². The Balaban J connectivity index is 1.67. The molecule has 1 saturated heterocycles. The van der Waals surface area contributed by atoms with Gasteiger partial charge < -0.3 is 5.32 Å². The minimum absolute atomic E-state index is 0.0285. The zero-order valence-corrected chi connectivity index (χ0v) is 12.9. The van der Waals surface area contributed by atoms with Crippen molar-refractivity contribution >= 4 is 17.7 Å².